The molecular formula is C23H33N5O3Si. The Kier molecular flexibility index (Phi) is 7.30. The maximum absolute atomic E-state index is 11.8. The molecule has 0 saturated heterocycles. The van der Waals surface area contributed by atoms with E-state index in [-0.39, 0.29) is 0 Å². The van der Waals surface area contributed by atoms with Gasteiger partial charge in [0.05, 0.1) is 17.3 Å². The molecule has 0 fully saturated rings. The van der Waals surface area contributed by atoms with E-state index in [4.69, 9.17) is 9.47 Å². The van der Waals surface area contributed by atoms with Gasteiger partial charge >= 0.3 is 6.09 Å². The predicted octanol–water partition coefficient (Wildman–Crippen LogP) is 4.83. The van der Waals surface area contributed by atoms with E-state index >= 15 is 0 Å². The van der Waals surface area contributed by atoms with Gasteiger partial charge in [-0.25, -0.2) is 19.4 Å². The third kappa shape index (κ3) is 6.86. The van der Waals surface area contributed by atoms with Crippen molar-refractivity contribution in [1.82, 2.24) is 25.1 Å². The molecule has 0 radical (unpaired) electrons. The van der Waals surface area contributed by atoms with Crippen LogP contribution < -0.4 is 5.32 Å². The van der Waals surface area contributed by atoms with Gasteiger partial charge in [0.25, 0.3) is 0 Å². The Balaban J connectivity index is 1.66. The van der Waals surface area contributed by atoms with Gasteiger partial charge in [-0.3, -0.25) is 0 Å². The van der Waals surface area contributed by atoms with Crippen molar-refractivity contribution in [2.45, 2.75) is 65.3 Å². The normalized spacial score (nSPS) is 12.2. The van der Waals surface area contributed by atoms with Gasteiger partial charge < -0.3 is 14.8 Å². The fraction of sp³-hybridized carbons (Fsp3) is 0.478. The van der Waals surface area contributed by atoms with Gasteiger partial charge in [-0.2, -0.15) is 5.10 Å². The van der Waals surface area contributed by atoms with E-state index in [2.05, 4.69) is 40.0 Å². The third-order valence-electron chi connectivity index (χ3n) is 4.71. The van der Waals surface area contributed by atoms with Crippen molar-refractivity contribution in [2.75, 3.05) is 6.61 Å². The number of nitrogens with zero attached hydrogens (tertiary/aromatic N) is 4. The van der Waals surface area contributed by atoms with Crippen molar-refractivity contribution in [2.24, 2.45) is 0 Å². The van der Waals surface area contributed by atoms with E-state index in [0.717, 1.165) is 40.5 Å². The lowest BCUT2D eigenvalue weighted by atomic mass is 10.1. The van der Waals surface area contributed by atoms with Gasteiger partial charge in [0, 0.05) is 26.8 Å². The first-order valence-corrected chi connectivity index (χ1v) is 14.5. The SMILES string of the molecule is CC(C)(C)OC(=O)NCc1ccc(-c2ncnc3c2cnn3COCC[Si](C)(C)C)cc1. The number of rotatable bonds is 8. The second kappa shape index (κ2) is 9.79. The number of aromatic nitrogens is 4. The molecule has 32 heavy (non-hydrogen) atoms. The number of carbonyl (C=O) groups is 1. The van der Waals surface area contributed by atoms with Gasteiger partial charge in [0.1, 0.15) is 18.7 Å². The van der Waals surface area contributed by atoms with Gasteiger partial charge in [0.2, 0.25) is 0 Å². The summed E-state index contributed by atoms with van der Waals surface area (Å²) in [5.41, 5.74) is 2.97. The average molecular weight is 456 g/mol. The summed E-state index contributed by atoms with van der Waals surface area (Å²) in [7, 11) is -1.12. The summed E-state index contributed by atoms with van der Waals surface area (Å²) in [6.45, 7) is 14.0. The summed E-state index contributed by atoms with van der Waals surface area (Å²) < 4.78 is 12.9. The molecule has 0 aliphatic carbocycles. The molecule has 8 nitrogen and oxygen atoms in total. The molecule has 1 N–H and O–H groups in total. The summed E-state index contributed by atoms with van der Waals surface area (Å²) in [5.74, 6) is 0. The monoisotopic (exact) mass is 455 g/mol. The van der Waals surface area contributed by atoms with Crippen molar-refractivity contribution in [3.8, 4) is 11.3 Å². The lowest BCUT2D eigenvalue weighted by Gasteiger charge is -2.19. The zero-order chi connectivity index (χ0) is 23.4. The number of hydrogen-bond acceptors (Lipinski definition) is 6. The van der Waals surface area contributed by atoms with Crippen molar-refractivity contribution >= 4 is 25.2 Å². The lowest BCUT2D eigenvalue weighted by Crippen LogP contribution is -2.32. The Bertz CT molecular complexity index is 1050. The summed E-state index contributed by atoms with van der Waals surface area (Å²) in [6, 6.07) is 9.00. The summed E-state index contributed by atoms with van der Waals surface area (Å²) >= 11 is 0. The number of fused-ring (bicyclic) bond motifs is 1. The number of ether oxygens (including phenoxy) is 2. The van der Waals surface area contributed by atoms with Crippen LogP contribution in [0.5, 0.6) is 0 Å². The second-order valence-corrected chi connectivity index (χ2v) is 15.6. The highest BCUT2D eigenvalue weighted by Gasteiger charge is 2.16. The number of benzene rings is 1. The van der Waals surface area contributed by atoms with Crippen LogP contribution >= 0.6 is 0 Å². The second-order valence-electron chi connectivity index (χ2n) is 10.0. The zero-order valence-electron chi connectivity index (χ0n) is 19.8. The fourth-order valence-corrected chi connectivity index (χ4v) is 3.77. The van der Waals surface area contributed by atoms with Gasteiger partial charge in [-0.15, -0.1) is 0 Å². The predicted molar refractivity (Wildman–Crippen MR) is 128 cm³/mol. The van der Waals surface area contributed by atoms with Crippen LogP contribution in [0.4, 0.5) is 4.79 Å². The Morgan fingerprint density at radius 3 is 2.50 bits per heavy atom. The highest BCUT2D eigenvalue weighted by atomic mass is 28.3. The third-order valence-corrected chi connectivity index (χ3v) is 6.41. The largest absolute Gasteiger partial charge is 0.444 e. The first kappa shape index (κ1) is 23.9. The van der Waals surface area contributed by atoms with Crippen LogP contribution in [0.15, 0.2) is 36.8 Å². The number of alkyl carbamates (subject to hydrolysis) is 1. The average Bonchev–Trinajstić information content (AvgIpc) is 3.11. The molecule has 0 saturated carbocycles. The Hall–Kier alpha value is -2.78. The summed E-state index contributed by atoms with van der Waals surface area (Å²) in [4.78, 5) is 20.7. The molecule has 3 rings (SSSR count). The first-order valence-electron chi connectivity index (χ1n) is 10.8. The minimum atomic E-state index is -1.12. The number of amides is 1. The summed E-state index contributed by atoms with van der Waals surface area (Å²) in [6.07, 6.45) is 2.90. The maximum Gasteiger partial charge on any atom is 0.407 e. The molecule has 0 aliphatic rings. The van der Waals surface area contributed by atoms with Gasteiger partial charge in [-0.1, -0.05) is 43.9 Å². The van der Waals surface area contributed by atoms with E-state index in [9.17, 15) is 4.79 Å². The van der Waals surface area contributed by atoms with Crippen molar-refractivity contribution in [3.05, 3.63) is 42.4 Å². The first-order chi connectivity index (χ1) is 15.0. The smallest absolute Gasteiger partial charge is 0.407 e. The van der Waals surface area contributed by atoms with Crippen LogP contribution in [0.2, 0.25) is 25.7 Å². The molecule has 1 aromatic carbocycles. The molecule has 0 bridgehead atoms. The molecule has 0 unspecified atom stereocenters. The molecule has 2 heterocycles. The minimum Gasteiger partial charge on any atom is -0.444 e. The molecule has 9 heteroatoms. The number of hydrogen-bond donors (Lipinski definition) is 1. The molecule has 3 aromatic rings. The van der Waals surface area contributed by atoms with Gasteiger partial charge in [-0.05, 0) is 32.4 Å². The quantitative estimate of drug-likeness (QED) is 0.386. The molecule has 0 spiro atoms. The summed E-state index contributed by atoms with van der Waals surface area (Å²) in [5, 5.41) is 8.10. The highest BCUT2D eigenvalue weighted by molar-refractivity contribution is 6.76. The van der Waals surface area contributed by atoms with E-state index in [0.29, 0.717) is 13.3 Å². The van der Waals surface area contributed by atoms with E-state index in [1.807, 2.05) is 45.0 Å². The van der Waals surface area contributed by atoms with E-state index in [1.54, 1.807) is 17.2 Å². The van der Waals surface area contributed by atoms with Crippen molar-refractivity contribution in [3.63, 3.8) is 0 Å². The molecule has 1 amide bonds. The van der Waals surface area contributed by atoms with Crippen LogP contribution in [0.3, 0.4) is 0 Å². The van der Waals surface area contributed by atoms with Crippen LogP contribution in [0, 0.1) is 0 Å². The number of carbonyl (C=O) groups excluding carboxylic acids is 1. The highest BCUT2D eigenvalue weighted by Crippen LogP contribution is 2.25. The van der Waals surface area contributed by atoms with Gasteiger partial charge in [0.15, 0.2) is 5.65 Å². The Labute approximate surface area is 190 Å². The molecule has 172 valence electrons. The number of nitrogens with one attached hydrogen (secondary N) is 1. The minimum absolute atomic E-state index is 0.375. The fourth-order valence-electron chi connectivity index (χ4n) is 3.02. The molecule has 0 aliphatic heterocycles. The van der Waals surface area contributed by atoms with Crippen LogP contribution in [0.25, 0.3) is 22.3 Å². The van der Waals surface area contributed by atoms with E-state index in [1.165, 1.54) is 0 Å². The standard InChI is InChI=1S/C23H33N5O3Si/c1-23(2,3)31-22(29)24-13-17-7-9-18(10-8-17)20-19-14-27-28(21(19)26-15-25-20)16-30-11-12-32(4,5)6/h7-10,14-15H,11-13,16H2,1-6H3,(H,24,29). The Morgan fingerprint density at radius 1 is 1.12 bits per heavy atom. The maximum atomic E-state index is 11.8. The van der Waals surface area contributed by atoms with Crippen molar-refractivity contribution < 1.29 is 14.3 Å². The topological polar surface area (TPSA) is 91.2 Å². The van der Waals surface area contributed by atoms with Crippen LogP contribution in [0.1, 0.15) is 26.3 Å². The molecule has 0 atom stereocenters. The van der Waals surface area contributed by atoms with Crippen molar-refractivity contribution in [1.29, 1.82) is 0 Å². The molecule has 2 aromatic heterocycles. The van der Waals surface area contributed by atoms with Crippen LogP contribution in [-0.4, -0.2) is 46.1 Å². The Morgan fingerprint density at radius 2 is 1.84 bits per heavy atom. The lowest BCUT2D eigenvalue weighted by molar-refractivity contribution is 0.0523. The zero-order valence-corrected chi connectivity index (χ0v) is 20.8. The van der Waals surface area contributed by atoms with E-state index < -0.39 is 19.8 Å². The molecular weight excluding hydrogens is 422 g/mol. The van der Waals surface area contributed by atoms with Crippen LogP contribution in [-0.2, 0) is 22.7 Å².